The lowest BCUT2D eigenvalue weighted by atomic mass is 10.0. The second-order valence-corrected chi connectivity index (χ2v) is 6.37. The van der Waals surface area contributed by atoms with Crippen LogP contribution in [0.25, 0.3) is 0 Å². The second kappa shape index (κ2) is 7.85. The summed E-state index contributed by atoms with van der Waals surface area (Å²) in [6.45, 7) is 5.88. The second-order valence-electron chi connectivity index (χ2n) is 6.37. The van der Waals surface area contributed by atoms with Crippen LogP contribution in [0.4, 0.5) is 0 Å². The Hall–Kier alpha value is -1.79. The Labute approximate surface area is 142 Å². The van der Waals surface area contributed by atoms with E-state index in [1.54, 1.807) is 7.11 Å². The maximum Gasteiger partial charge on any atom is 0.138 e. The highest BCUT2D eigenvalue weighted by atomic mass is 16.5. The number of rotatable bonds is 6. The molecule has 0 bridgehead atoms. The molecule has 1 fully saturated rings. The Morgan fingerprint density at radius 1 is 1.42 bits per heavy atom. The Balaban J connectivity index is 1.60. The summed E-state index contributed by atoms with van der Waals surface area (Å²) in [7, 11) is 1.67. The van der Waals surface area contributed by atoms with Crippen molar-refractivity contribution in [2.75, 3.05) is 33.4 Å². The zero-order valence-corrected chi connectivity index (χ0v) is 14.5. The number of hydrogen-bond donors (Lipinski definition) is 0. The molecule has 1 atom stereocenters. The van der Waals surface area contributed by atoms with E-state index in [0.717, 1.165) is 49.8 Å². The fraction of sp³-hybridized carbons (Fsp3) is 0.611. The highest BCUT2D eigenvalue weighted by Crippen LogP contribution is 2.22. The minimum Gasteiger partial charge on any atom is -0.382 e. The van der Waals surface area contributed by atoms with E-state index in [9.17, 15) is 4.79 Å². The van der Waals surface area contributed by atoms with Gasteiger partial charge >= 0.3 is 0 Å². The number of carbonyl (C=O) groups excluding carboxylic acids is 1. The maximum atomic E-state index is 12.1. The van der Waals surface area contributed by atoms with Crippen molar-refractivity contribution in [3.05, 3.63) is 29.1 Å². The molecule has 2 aliphatic heterocycles. The summed E-state index contributed by atoms with van der Waals surface area (Å²) in [6, 6.07) is 2.03. The average molecular weight is 331 g/mol. The van der Waals surface area contributed by atoms with E-state index in [-0.39, 0.29) is 11.9 Å². The molecule has 130 valence electrons. The van der Waals surface area contributed by atoms with Gasteiger partial charge in [0.1, 0.15) is 11.6 Å². The summed E-state index contributed by atoms with van der Waals surface area (Å²) < 4.78 is 10.6. The van der Waals surface area contributed by atoms with Crippen LogP contribution in [-0.4, -0.2) is 61.0 Å². The first-order valence-electron chi connectivity index (χ1n) is 8.57. The van der Waals surface area contributed by atoms with Gasteiger partial charge < -0.3 is 14.4 Å². The van der Waals surface area contributed by atoms with E-state index in [1.807, 2.05) is 19.2 Å². The van der Waals surface area contributed by atoms with Crippen molar-refractivity contribution in [3.63, 3.8) is 0 Å². The van der Waals surface area contributed by atoms with Crippen LogP contribution in [-0.2, 0) is 27.2 Å². The van der Waals surface area contributed by atoms with Crippen LogP contribution in [0.2, 0.25) is 0 Å². The molecule has 0 amide bonds. The zero-order chi connectivity index (χ0) is 16.9. The minimum atomic E-state index is 0.117. The summed E-state index contributed by atoms with van der Waals surface area (Å²) in [5.74, 6) is 1.23. The fourth-order valence-corrected chi connectivity index (χ4v) is 3.04. The van der Waals surface area contributed by atoms with E-state index in [4.69, 9.17) is 9.47 Å². The molecule has 6 nitrogen and oxygen atoms in total. The largest absolute Gasteiger partial charge is 0.382 e. The van der Waals surface area contributed by atoms with Gasteiger partial charge in [-0.25, -0.2) is 0 Å². The van der Waals surface area contributed by atoms with Crippen LogP contribution in [0, 0.1) is 0 Å². The van der Waals surface area contributed by atoms with Gasteiger partial charge in [-0.05, 0) is 25.0 Å². The van der Waals surface area contributed by atoms with Crippen molar-refractivity contribution in [3.8, 4) is 0 Å². The van der Waals surface area contributed by atoms with Crippen LogP contribution >= 0.6 is 0 Å². The summed E-state index contributed by atoms with van der Waals surface area (Å²) in [5.41, 5.74) is 3.10. The molecule has 1 aromatic heterocycles. The number of methoxy groups -OCH3 is 1. The van der Waals surface area contributed by atoms with Crippen LogP contribution < -0.4 is 0 Å². The number of morpholine rings is 1. The molecular weight excluding hydrogens is 306 g/mol. The van der Waals surface area contributed by atoms with Gasteiger partial charge in [-0.1, -0.05) is 0 Å². The molecule has 0 N–H and O–H groups in total. The lowest BCUT2D eigenvalue weighted by Gasteiger charge is -2.28. The third-order valence-electron chi connectivity index (χ3n) is 4.61. The number of carbonyl (C=O) groups is 1. The normalized spacial score (nSPS) is 18.2. The molecule has 0 aromatic carbocycles. The molecule has 0 unspecified atom stereocenters. The topological polar surface area (TPSA) is 64.0 Å². The van der Waals surface area contributed by atoms with Crippen molar-refractivity contribution in [1.29, 1.82) is 0 Å². The van der Waals surface area contributed by atoms with Crippen molar-refractivity contribution < 1.29 is 14.3 Å². The quantitative estimate of drug-likeness (QED) is 0.792. The molecule has 1 saturated heterocycles. The van der Waals surface area contributed by atoms with E-state index in [1.165, 1.54) is 5.56 Å². The smallest absolute Gasteiger partial charge is 0.138 e. The lowest BCUT2D eigenvalue weighted by Crippen LogP contribution is -2.40. The molecule has 2 aliphatic rings. The van der Waals surface area contributed by atoms with Gasteiger partial charge in [-0.2, -0.15) is 0 Å². The third kappa shape index (κ3) is 3.99. The molecule has 0 spiro atoms. The monoisotopic (exact) mass is 331 g/mol. The number of nitrogens with zero attached hydrogens (tertiary/aromatic N) is 3. The van der Waals surface area contributed by atoms with Gasteiger partial charge in [0, 0.05) is 50.5 Å². The summed E-state index contributed by atoms with van der Waals surface area (Å²) in [6.07, 6.45) is 3.66. The number of aliphatic imine (C=N–C) groups is 1. The maximum absolute atomic E-state index is 12.1. The van der Waals surface area contributed by atoms with E-state index >= 15 is 0 Å². The summed E-state index contributed by atoms with van der Waals surface area (Å²) in [5, 5.41) is 0. The van der Waals surface area contributed by atoms with Crippen molar-refractivity contribution in [2.24, 2.45) is 4.99 Å². The predicted octanol–water partition coefficient (Wildman–Crippen LogP) is 1.60. The number of hydrogen-bond acceptors (Lipinski definition) is 6. The number of ketones is 1. The Morgan fingerprint density at radius 3 is 2.96 bits per heavy atom. The van der Waals surface area contributed by atoms with Crippen LogP contribution in [0.15, 0.2) is 17.3 Å². The minimum absolute atomic E-state index is 0.117. The Bertz CT molecular complexity index is 624. The van der Waals surface area contributed by atoms with Crippen molar-refractivity contribution >= 4 is 11.6 Å². The van der Waals surface area contributed by atoms with Gasteiger partial charge in [0.2, 0.25) is 0 Å². The lowest BCUT2D eigenvalue weighted by molar-refractivity contribution is -0.119. The van der Waals surface area contributed by atoms with E-state index in [0.29, 0.717) is 19.4 Å². The molecule has 0 radical (unpaired) electrons. The van der Waals surface area contributed by atoms with Gasteiger partial charge in [-0.3, -0.25) is 14.8 Å². The molecule has 3 rings (SSSR count). The van der Waals surface area contributed by atoms with Gasteiger partial charge in [-0.15, -0.1) is 0 Å². The molecule has 24 heavy (non-hydrogen) atoms. The number of pyridine rings is 1. The number of amidine groups is 1. The molecular formula is C18H25N3O3. The van der Waals surface area contributed by atoms with Crippen LogP contribution in [0.1, 0.15) is 36.6 Å². The van der Waals surface area contributed by atoms with Crippen molar-refractivity contribution in [1.82, 2.24) is 9.88 Å². The number of fused-ring (bicyclic) bond motifs is 1. The first-order valence-corrected chi connectivity index (χ1v) is 8.57. The average Bonchev–Trinajstić information content (AvgIpc) is 3.03. The Morgan fingerprint density at radius 2 is 2.21 bits per heavy atom. The molecule has 6 heteroatoms. The fourth-order valence-electron chi connectivity index (χ4n) is 3.04. The molecule has 0 saturated carbocycles. The highest BCUT2D eigenvalue weighted by Gasteiger charge is 2.24. The number of ether oxygens (including phenoxy) is 2. The van der Waals surface area contributed by atoms with Crippen LogP contribution in [0.3, 0.4) is 0 Å². The predicted molar refractivity (Wildman–Crippen MR) is 91.3 cm³/mol. The van der Waals surface area contributed by atoms with Crippen LogP contribution in [0.5, 0.6) is 0 Å². The first-order chi connectivity index (χ1) is 11.7. The van der Waals surface area contributed by atoms with E-state index < -0.39 is 0 Å². The van der Waals surface area contributed by atoms with Gasteiger partial charge in [0.25, 0.3) is 0 Å². The molecule has 1 aromatic rings. The molecule has 3 heterocycles. The highest BCUT2D eigenvalue weighted by molar-refractivity contribution is 6.01. The van der Waals surface area contributed by atoms with Gasteiger partial charge in [0.15, 0.2) is 0 Å². The Kier molecular flexibility index (Phi) is 5.58. The zero-order valence-electron chi connectivity index (χ0n) is 14.5. The standard InChI is InChI=1S/C18H25N3O3/c1-13(23-2)3-4-16(22)10-15-9-14-11-20-18(17(14)12-19-15)21-5-7-24-8-6-21/h9,12-13H,3-8,10-11H2,1-2H3/t13-/m1/s1. The van der Waals surface area contributed by atoms with Gasteiger partial charge in [0.05, 0.1) is 25.9 Å². The SMILES string of the molecule is CO[C@H](C)CCC(=O)Cc1cc2c(cn1)C(N1CCOCC1)=NC2. The number of Topliss-reactive ketones (excluding diaryl/α,β-unsaturated/α-hetero) is 1. The number of aromatic nitrogens is 1. The third-order valence-corrected chi connectivity index (χ3v) is 4.61. The summed E-state index contributed by atoms with van der Waals surface area (Å²) >= 11 is 0. The van der Waals surface area contributed by atoms with E-state index in [2.05, 4.69) is 14.9 Å². The van der Waals surface area contributed by atoms with Crippen molar-refractivity contribution in [2.45, 2.75) is 38.8 Å². The summed E-state index contributed by atoms with van der Waals surface area (Å²) in [4.78, 5) is 23.5. The first kappa shape index (κ1) is 17.0. The molecule has 0 aliphatic carbocycles.